The van der Waals surface area contributed by atoms with Crippen LogP contribution in [0.15, 0.2) is 48.6 Å². The van der Waals surface area contributed by atoms with Crippen molar-refractivity contribution < 1.29 is 19.1 Å². The van der Waals surface area contributed by atoms with E-state index >= 15 is 0 Å². The van der Waals surface area contributed by atoms with Gasteiger partial charge in [0.05, 0.1) is 5.92 Å². The lowest BCUT2D eigenvalue weighted by Gasteiger charge is -2.08. The average molecular weight is 656 g/mol. The molecule has 0 aliphatic heterocycles. The van der Waals surface area contributed by atoms with Gasteiger partial charge in [-0.05, 0) is 91.1 Å². The summed E-state index contributed by atoms with van der Waals surface area (Å²) < 4.78 is 11.5. The molecule has 0 aromatic carbocycles. The van der Waals surface area contributed by atoms with E-state index in [4.69, 9.17) is 9.47 Å². The number of rotatable bonds is 32. The normalized spacial score (nSPS) is 18.0. The molecule has 1 rings (SSSR count). The van der Waals surface area contributed by atoms with Crippen molar-refractivity contribution in [2.75, 3.05) is 20.6 Å². The van der Waals surface area contributed by atoms with Crippen LogP contribution in [0, 0.1) is 5.92 Å². The van der Waals surface area contributed by atoms with E-state index in [2.05, 4.69) is 67.4 Å². The third-order valence-corrected chi connectivity index (χ3v) is 8.80. The van der Waals surface area contributed by atoms with Crippen LogP contribution in [0.5, 0.6) is 0 Å². The highest BCUT2D eigenvalue weighted by Gasteiger charge is 2.56. The molecule has 0 spiro atoms. The summed E-state index contributed by atoms with van der Waals surface area (Å²) in [7, 11) is 4.00. The highest BCUT2D eigenvalue weighted by molar-refractivity contribution is 5.71. The quantitative estimate of drug-likeness (QED) is 0.0410. The molecule has 5 nitrogen and oxygen atoms in total. The van der Waals surface area contributed by atoms with Crippen molar-refractivity contribution in [2.45, 2.75) is 180 Å². The largest absolute Gasteiger partial charge is 0.458 e. The van der Waals surface area contributed by atoms with E-state index in [1.54, 1.807) is 0 Å². The third kappa shape index (κ3) is 26.5. The Balaban J connectivity index is 2.08. The summed E-state index contributed by atoms with van der Waals surface area (Å²) in [5.41, 5.74) is 0. The second kappa shape index (κ2) is 31.1. The van der Waals surface area contributed by atoms with Crippen LogP contribution in [0.2, 0.25) is 0 Å². The third-order valence-electron chi connectivity index (χ3n) is 8.80. The summed E-state index contributed by atoms with van der Waals surface area (Å²) in [5, 5.41) is 0. The topological polar surface area (TPSA) is 55.8 Å². The van der Waals surface area contributed by atoms with Crippen LogP contribution in [-0.4, -0.2) is 49.7 Å². The summed E-state index contributed by atoms with van der Waals surface area (Å²) in [5.74, 6) is -0.236. The predicted octanol–water partition coefficient (Wildman–Crippen LogP) is 11.6. The fraction of sp³-hybridized carbons (Fsp3) is 0.762. The first kappa shape index (κ1) is 42.9. The number of allylic oxidation sites excluding steroid dienone is 8. The van der Waals surface area contributed by atoms with Gasteiger partial charge in [-0.25, -0.2) is 0 Å². The van der Waals surface area contributed by atoms with Gasteiger partial charge in [-0.15, -0.1) is 0 Å². The van der Waals surface area contributed by atoms with Gasteiger partial charge in [0, 0.05) is 19.4 Å². The lowest BCUT2D eigenvalue weighted by atomic mass is 10.1. The minimum absolute atomic E-state index is 0.0760. The highest BCUT2D eigenvalue weighted by atomic mass is 16.6. The first-order valence-corrected chi connectivity index (χ1v) is 19.6. The van der Waals surface area contributed by atoms with Crippen LogP contribution in [-0.2, 0) is 19.1 Å². The second-order valence-electron chi connectivity index (χ2n) is 13.8. The predicted molar refractivity (Wildman–Crippen MR) is 201 cm³/mol. The maximum absolute atomic E-state index is 12.5. The van der Waals surface area contributed by atoms with Gasteiger partial charge in [0.2, 0.25) is 0 Å². The van der Waals surface area contributed by atoms with E-state index in [0.717, 1.165) is 70.8 Å². The number of carbonyl (C=O) groups excluding carboxylic acids is 2. The van der Waals surface area contributed by atoms with Crippen LogP contribution in [0.3, 0.4) is 0 Å². The second-order valence-corrected chi connectivity index (χ2v) is 13.8. The number of carbonyl (C=O) groups is 2. The zero-order valence-electron chi connectivity index (χ0n) is 31.1. The molecule has 0 saturated heterocycles. The van der Waals surface area contributed by atoms with Crippen LogP contribution < -0.4 is 0 Å². The van der Waals surface area contributed by atoms with Gasteiger partial charge in [-0.1, -0.05) is 127 Å². The van der Waals surface area contributed by atoms with Gasteiger partial charge in [0.15, 0.2) is 0 Å². The Labute approximate surface area is 290 Å². The smallest absolute Gasteiger partial charge is 0.306 e. The highest BCUT2D eigenvalue weighted by Crippen LogP contribution is 2.39. The SMILES string of the molecule is CCCCC/C=C\C/C=C\CCCCCCCC(=O)OC1C(CN(C)C)C1OC(=O)CCCCCCC/C=C\C/C=C\CCCCC. The molecule has 2 atom stereocenters. The summed E-state index contributed by atoms with van der Waals surface area (Å²) in [6.07, 6.45) is 44.2. The molecule has 0 amide bonds. The van der Waals surface area contributed by atoms with Crippen molar-refractivity contribution in [1.82, 2.24) is 4.90 Å². The molecule has 0 radical (unpaired) electrons. The molecule has 0 aromatic rings. The molecule has 1 aliphatic rings. The monoisotopic (exact) mass is 656 g/mol. The van der Waals surface area contributed by atoms with Crippen LogP contribution in [0.4, 0.5) is 0 Å². The zero-order chi connectivity index (χ0) is 34.2. The van der Waals surface area contributed by atoms with E-state index in [9.17, 15) is 9.59 Å². The summed E-state index contributed by atoms with van der Waals surface area (Å²) in [6, 6.07) is 0. The Bertz CT molecular complexity index is 808. The number of hydrogen-bond donors (Lipinski definition) is 0. The molecule has 1 saturated carbocycles. The number of ether oxygens (including phenoxy) is 2. The van der Waals surface area contributed by atoms with Gasteiger partial charge in [0.25, 0.3) is 0 Å². The molecule has 0 heterocycles. The lowest BCUT2D eigenvalue weighted by molar-refractivity contribution is -0.152. The van der Waals surface area contributed by atoms with Gasteiger partial charge in [0.1, 0.15) is 12.2 Å². The molecule has 5 heteroatoms. The number of nitrogens with zero attached hydrogens (tertiary/aromatic N) is 1. The maximum Gasteiger partial charge on any atom is 0.306 e. The Morgan fingerprint density at radius 3 is 1.19 bits per heavy atom. The Hall–Kier alpha value is -2.14. The molecular formula is C42H73NO4. The minimum Gasteiger partial charge on any atom is -0.458 e. The molecule has 1 fully saturated rings. The van der Waals surface area contributed by atoms with Crippen molar-refractivity contribution in [2.24, 2.45) is 5.92 Å². The van der Waals surface area contributed by atoms with E-state index in [1.807, 2.05) is 14.1 Å². The van der Waals surface area contributed by atoms with Crippen molar-refractivity contribution >= 4 is 11.9 Å². The van der Waals surface area contributed by atoms with Crippen molar-refractivity contribution in [3.63, 3.8) is 0 Å². The van der Waals surface area contributed by atoms with Crippen LogP contribution in [0.25, 0.3) is 0 Å². The molecule has 47 heavy (non-hydrogen) atoms. The van der Waals surface area contributed by atoms with Crippen LogP contribution >= 0.6 is 0 Å². The molecule has 0 aromatic heterocycles. The van der Waals surface area contributed by atoms with E-state index in [-0.39, 0.29) is 30.1 Å². The minimum atomic E-state index is -0.295. The summed E-state index contributed by atoms with van der Waals surface area (Å²) in [6.45, 7) is 5.24. The Morgan fingerprint density at radius 2 is 0.830 bits per heavy atom. The Kier molecular flexibility index (Phi) is 28.4. The van der Waals surface area contributed by atoms with E-state index in [1.165, 1.54) is 77.0 Å². The maximum atomic E-state index is 12.5. The zero-order valence-corrected chi connectivity index (χ0v) is 31.1. The standard InChI is InChI=1S/C42H73NO4/c1-5-7-9-11-13-15-17-19-21-23-25-27-29-31-33-35-39(44)46-41-38(37-43(3)4)42(41)47-40(45)36-34-32-30-28-26-24-22-20-18-16-14-12-10-8-6-2/h13-16,19-22,38,41-42H,5-12,17-18,23-37H2,1-4H3/b15-13-,16-14-,21-19-,22-20-. The summed E-state index contributed by atoms with van der Waals surface area (Å²) in [4.78, 5) is 27.1. The number of esters is 2. The van der Waals surface area contributed by atoms with Gasteiger partial charge in [-0.3, -0.25) is 9.59 Å². The van der Waals surface area contributed by atoms with Crippen molar-refractivity contribution in [1.29, 1.82) is 0 Å². The molecule has 0 N–H and O–H groups in total. The average Bonchev–Trinajstić information content (AvgIpc) is 3.67. The number of hydrogen-bond acceptors (Lipinski definition) is 5. The first-order valence-electron chi connectivity index (χ1n) is 19.6. The first-order chi connectivity index (χ1) is 23.0. The molecule has 0 bridgehead atoms. The van der Waals surface area contributed by atoms with Gasteiger partial charge in [-0.2, -0.15) is 0 Å². The fourth-order valence-corrected chi connectivity index (χ4v) is 5.83. The lowest BCUT2D eigenvalue weighted by Crippen LogP contribution is -2.18. The van der Waals surface area contributed by atoms with Crippen molar-refractivity contribution in [3.8, 4) is 0 Å². The Morgan fingerprint density at radius 1 is 0.489 bits per heavy atom. The van der Waals surface area contributed by atoms with E-state index in [0.29, 0.717) is 12.8 Å². The molecule has 270 valence electrons. The van der Waals surface area contributed by atoms with E-state index < -0.39 is 0 Å². The fourth-order valence-electron chi connectivity index (χ4n) is 5.83. The van der Waals surface area contributed by atoms with Crippen LogP contribution in [0.1, 0.15) is 168 Å². The van der Waals surface area contributed by atoms with Gasteiger partial charge >= 0.3 is 11.9 Å². The van der Waals surface area contributed by atoms with Crippen molar-refractivity contribution in [3.05, 3.63) is 48.6 Å². The molecular weight excluding hydrogens is 582 g/mol. The molecule has 1 aliphatic carbocycles. The summed E-state index contributed by atoms with van der Waals surface area (Å²) >= 11 is 0. The molecule has 2 unspecified atom stereocenters. The number of unbranched alkanes of at least 4 members (excludes halogenated alkanes) is 16. The van der Waals surface area contributed by atoms with Gasteiger partial charge < -0.3 is 14.4 Å².